The molecule has 2 amide bonds. The number of hydrogen-bond acceptors (Lipinski definition) is 3. The largest absolute Gasteiger partial charge is 0.361 e. The quantitative estimate of drug-likeness (QED) is 0.513. The third-order valence-corrected chi connectivity index (χ3v) is 6.82. The molecule has 6 heteroatoms. The zero-order valence-electron chi connectivity index (χ0n) is 18.9. The van der Waals surface area contributed by atoms with Gasteiger partial charge in [0.1, 0.15) is 0 Å². The molecule has 2 heterocycles. The van der Waals surface area contributed by atoms with Crippen LogP contribution in [0.15, 0.2) is 71.3 Å². The number of amides is 2. The van der Waals surface area contributed by atoms with Gasteiger partial charge in [-0.1, -0.05) is 50.3 Å². The molecule has 0 fully saturated rings. The zero-order valence-corrected chi connectivity index (χ0v) is 19.8. The predicted molar refractivity (Wildman–Crippen MR) is 130 cm³/mol. The summed E-state index contributed by atoms with van der Waals surface area (Å²) in [5, 5.41) is 6.03. The lowest BCUT2D eigenvalue weighted by Crippen LogP contribution is -2.36. The summed E-state index contributed by atoms with van der Waals surface area (Å²) in [4.78, 5) is 32.5. The summed E-state index contributed by atoms with van der Waals surface area (Å²) in [6.45, 7) is 6.65. The van der Waals surface area contributed by atoms with E-state index in [-0.39, 0.29) is 29.7 Å². The van der Waals surface area contributed by atoms with Crippen LogP contribution in [0.1, 0.15) is 43.7 Å². The number of nitrogens with zero attached hydrogens (tertiary/aromatic N) is 1. The minimum Gasteiger partial charge on any atom is -0.361 e. The van der Waals surface area contributed by atoms with E-state index in [4.69, 9.17) is 0 Å². The molecule has 32 heavy (non-hydrogen) atoms. The van der Waals surface area contributed by atoms with Crippen molar-refractivity contribution in [3.63, 3.8) is 0 Å². The second-order valence-corrected chi connectivity index (χ2v) is 10.0. The summed E-state index contributed by atoms with van der Waals surface area (Å²) < 4.78 is 0. The van der Waals surface area contributed by atoms with E-state index in [9.17, 15) is 9.59 Å². The first-order valence-electron chi connectivity index (χ1n) is 10.8. The lowest BCUT2D eigenvalue weighted by atomic mass is 9.96. The molecule has 166 valence electrons. The third kappa shape index (κ3) is 4.55. The van der Waals surface area contributed by atoms with Crippen LogP contribution in [-0.4, -0.2) is 28.7 Å². The first-order valence-corrected chi connectivity index (χ1v) is 11.7. The van der Waals surface area contributed by atoms with E-state index >= 15 is 0 Å². The molecule has 0 saturated carbocycles. The van der Waals surface area contributed by atoms with Gasteiger partial charge in [0, 0.05) is 45.6 Å². The van der Waals surface area contributed by atoms with Gasteiger partial charge >= 0.3 is 0 Å². The van der Waals surface area contributed by atoms with Crippen molar-refractivity contribution in [3.05, 3.63) is 81.7 Å². The smallest absolute Gasteiger partial charge is 0.254 e. The number of aromatic nitrogens is 1. The van der Waals surface area contributed by atoms with E-state index in [1.165, 1.54) is 0 Å². The van der Waals surface area contributed by atoms with Gasteiger partial charge in [-0.25, -0.2) is 0 Å². The average molecular weight is 448 g/mol. The van der Waals surface area contributed by atoms with Gasteiger partial charge in [-0.05, 0) is 30.0 Å². The number of para-hydroxylation sites is 1. The van der Waals surface area contributed by atoms with E-state index < -0.39 is 0 Å². The van der Waals surface area contributed by atoms with Crippen LogP contribution in [0.5, 0.6) is 0 Å². The van der Waals surface area contributed by atoms with Crippen LogP contribution in [0, 0.1) is 5.41 Å². The maximum atomic E-state index is 13.5. The van der Waals surface area contributed by atoms with Gasteiger partial charge in [-0.15, -0.1) is 11.3 Å². The van der Waals surface area contributed by atoms with E-state index in [1.54, 1.807) is 23.3 Å². The Morgan fingerprint density at radius 3 is 2.62 bits per heavy atom. The SMILES string of the molecule is CC1=CC(C)(C)C=C1C(=O)N(C)C(CC(=O)NCc1cccs1)c1c[nH]c2ccccc12. The van der Waals surface area contributed by atoms with Crippen molar-refractivity contribution in [1.82, 2.24) is 15.2 Å². The van der Waals surface area contributed by atoms with Crippen molar-refractivity contribution in [2.24, 2.45) is 5.41 Å². The van der Waals surface area contributed by atoms with Crippen molar-refractivity contribution >= 4 is 34.1 Å². The Balaban J connectivity index is 1.62. The maximum Gasteiger partial charge on any atom is 0.254 e. The molecular formula is C26H29N3O2S. The summed E-state index contributed by atoms with van der Waals surface area (Å²) in [6, 6.07) is 11.6. The first kappa shape index (κ1) is 22.1. The van der Waals surface area contributed by atoms with Gasteiger partial charge < -0.3 is 15.2 Å². The number of likely N-dealkylation sites (N-methyl/N-ethyl adjacent to an activating group) is 1. The van der Waals surface area contributed by atoms with Crippen LogP contribution in [0.25, 0.3) is 10.9 Å². The van der Waals surface area contributed by atoms with Crippen LogP contribution in [0.3, 0.4) is 0 Å². The highest BCUT2D eigenvalue weighted by molar-refractivity contribution is 7.09. The zero-order chi connectivity index (χ0) is 22.9. The topological polar surface area (TPSA) is 65.2 Å². The van der Waals surface area contributed by atoms with E-state index in [0.717, 1.165) is 26.9 Å². The number of nitrogens with one attached hydrogen (secondary N) is 2. The van der Waals surface area contributed by atoms with Gasteiger partial charge in [-0.3, -0.25) is 9.59 Å². The monoisotopic (exact) mass is 447 g/mol. The number of fused-ring (bicyclic) bond motifs is 1. The molecule has 1 aliphatic rings. The number of benzene rings is 1. The molecule has 4 rings (SSSR count). The molecule has 0 aliphatic heterocycles. The lowest BCUT2D eigenvalue weighted by molar-refractivity contribution is -0.129. The summed E-state index contributed by atoms with van der Waals surface area (Å²) in [5.41, 5.74) is 3.48. The number of allylic oxidation sites excluding steroid dienone is 2. The van der Waals surface area contributed by atoms with Crippen molar-refractivity contribution < 1.29 is 9.59 Å². The molecule has 0 radical (unpaired) electrons. The normalized spacial score (nSPS) is 15.9. The highest BCUT2D eigenvalue weighted by Gasteiger charge is 2.32. The Hall–Kier alpha value is -3.12. The number of carbonyl (C=O) groups is 2. The van der Waals surface area contributed by atoms with Crippen molar-refractivity contribution in [1.29, 1.82) is 0 Å². The molecule has 1 atom stereocenters. The number of aromatic amines is 1. The van der Waals surface area contributed by atoms with Gasteiger partial charge in [0.2, 0.25) is 5.91 Å². The molecule has 2 N–H and O–H groups in total. The number of rotatable bonds is 7. The lowest BCUT2D eigenvalue weighted by Gasteiger charge is -2.29. The summed E-state index contributed by atoms with van der Waals surface area (Å²) in [7, 11) is 1.79. The van der Waals surface area contributed by atoms with Crippen LogP contribution < -0.4 is 5.32 Å². The van der Waals surface area contributed by atoms with Crippen molar-refractivity contribution in [2.75, 3.05) is 7.05 Å². The van der Waals surface area contributed by atoms with E-state index in [2.05, 4.69) is 30.2 Å². The maximum absolute atomic E-state index is 13.5. The van der Waals surface area contributed by atoms with Gasteiger partial charge in [-0.2, -0.15) is 0 Å². The average Bonchev–Trinajstić information content (AvgIpc) is 3.48. The Labute approximate surface area is 192 Å². The second-order valence-electron chi connectivity index (χ2n) is 8.99. The fourth-order valence-corrected chi connectivity index (χ4v) is 5.04. The minimum absolute atomic E-state index is 0.0642. The van der Waals surface area contributed by atoms with E-state index in [0.29, 0.717) is 12.1 Å². The van der Waals surface area contributed by atoms with Crippen LogP contribution in [-0.2, 0) is 16.1 Å². The Kier molecular flexibility index (Phi) is 6.07. The number of carbonyl (C=O) groups excluding carboxylic acids is 2. The molecule has 1 unspecified atom stereocenters. The molecular weight excluding hydrogens is 418 g/mol. The van der Waals surface area contributed by atoms with Gasteiger partial charge in [0.05, 0.1) is 19.0 Å². The fraction of sp³-hybridized carbons (Fsp3) is 0.308. The Morgan fingerprint density at radius 2 is 1.94 bits per heavy atom. The van der Waals surface area contributed by atoms with Crippen molar-refractivity contribution in [2.45, 2.75) is 39.8 Å². The van der Waals surface area contributed by atoms with Gasteiger partial charge in [0.25, 0.3) is 5.91 Å². The molecule has 0 bridgehead atoms. The standard InChI is InChI=1S/C26H29N3O2S/c1-17-13-26(2,3)14-20(17)25(31)29(4)23(12-24(30)28-15-18-8-7-11-32-18)21-16-27-22-10-6-5-9-19(21)22/h5-11,13-14,16,23,27H,12,15H2,1-4H3,(H,28,30). The molecule has 1 aliphatic carbocycles. The van der Waals surface area contributed by atoms with Crippen LogP contribution in [0.2, 0.25) is 0 Å². The molecule has 2 aromatic heterocycles. The first-order chi connectivity index (χ1) is 15.2. The summed E-state index contributed by atoms with van der Waals surface area (Å²) in [6.07, 6.45) is 6.24. The molecule has 0 spiro atoms. The van der Waals surface area contributed by atoms with Gasteiger partial charge in [0.15, 0.2) is 0 Å². The highest BCUT2D eigenvalue weighted by atomic mass is 32.1. The van der Waals surface area contributed by atoms with Crippen LogP contribution in [0.4, 0.5) is 0 Å². The highest BCUT2D eigenvalue weighted by Crippen LogP contribution is 2.36. The number of hydrogen-bond donors (Lipinski definition) is 2. The Morgan fingerprint density at radius 1 is 1.16 bits per heavy atom. The minimum atomic E-state index is -0.389. The molecule has 5 nitrogen and oxygen atoms in total. The molecule has 1 aromatic carbocycles. The summed E-state index contributed by atoms with van der Waals surface area (Å²) in [5.74, 6) is -0.146. The summed E-state index contributed by atoms with van der Waals surface area (Å²) >= 11 is 1.61. The van der Waals surface area contributed by atoms with Crippen molar-refractivity contribution in [3.8, 4) is 0 Å². The predicted octanol–water partition coefficient (Wildman–Crippen LogP) is 5.35. The Bertz CT molecular complexity index is 1200. The third-order valence-electron chi connectivity index (χ3n) is 5.95. The number of H-pyrrole nitrogens is 1. The fourth-order valence-electron chi connectivity index (χ4n) is 4.40. The van der Waals surface area contributed by atoms with E-state index in [1.807, 2.05) is 61.0 Å². The second kappa shape index (κ2) is 8.79. The molecule has 3 aromatic rings. The van der Waals surface area contributed by atoms with Crippen LogP contribution >= 0.6 is 11.3 Å². The number of thiophene rings is 1. The molecule has 0 saturated heterocycles.